The van der Waals surface area contributed by atoms with Gasteiger partial charge in [0.15, 0.2) is 5.82 Å². The zero-order valence-electron chi connectivity index (χ0n) is 16.6. The Hall–Kier alpha value is -3.05. The maximum atomic E-state index is 12.5. The highest BCUT2D eigenvalue weighted by Gasteiger charge is 2.16. The summed E-state index contributed by atoms with van der Waals surface area (Å²) in [5.41, 5.74) is 3.87. The molecule has 0 bridgehead atoms. The van der Waals surface area contributed by atoms with Gasteiger partial charge in [-0.05, 0) is 31.6 Å². The summed E-state index contributed by atoms with van der Waals surface area (Å²) in [5.74, 6) is 0.441. The molecular formula is C23H26N4O. The molecule has 2 aromatic carbocycles. The highest BCUT2D eigenvalue weighted by Crippen LogP contribution is 2.19. The lowest BCUT2D eigenvalue weighted by molar-refractivity contribution is 0.0941. The second kappa shape index (κ2) is 9.24. The Bertz CT molecular complexity index is 890. The number of benzene rings is 2. The summed E-state index contributed by atoms with van der Waals surface area (Å²) in [6, 6.07) is 18.4. The zero-order valence-corrected chi connectivity index (χ0v) is 16.6. The first-order valence-electron chi connectivity index (χ1n) is 9.49. The van der Waals surface area contributed by atoms with Gasteiger partial charge >= 0.3 is 0 Å². The topological polar surface area (TPSA) is 58.1 Å². The second-order valence-corrected chi connectivity index (χ2v) is 6.95. The molecule has 1 N–H and O–H groups in total. The van der Waals surface area contributed by atoms with Gasteiger partial charge < -0.3 is 10.2 Å². The van der Waals surface area contributed by atoms with E-state index in [2.05, 4.69) is 51.4 Å². The van der Waals surface area contributed by atoms with Gasteiger partial charge in [-0.15, -0.1) is 0 Å². The van der Waals surface area contributed by atoms with Crippen LogP contribution in [0.1, 0.15) is 34.5 Å². The molecule has 0 saturated heterocycles. The van der Waals surface area contributed by atoms with Gasteiger partial charge in [-0.2, -0.15) is 0 Å². The van der Waals surface area contributed by atoms with Gasteiger partial charge in [0, 0.05) is 24.5 Å². The number of rotatable bonds is 7. The van der Waals surface area contributed by atoms with E-state index in [9.17, 15) is 4.79 Å². The molecule has 0 aliphatic heterocycles. The Morgan fingerprint density at radius 2 is 1.64 bits per heavy atom. The number of carbonyl (C=O) groups is 1. The molecule has 5 heteroatoms. The van der Waals surface area contributed by atoms with Gasteiger partial charge in [-0.3, -0.25) is 4.79 Å². The third-order valence-corrected chi connectivity index (χ3v) is 4.80. The molecule has 0 saturated carbocycles. The van der Waals surface area contributed by atoms with Crippen molar-refractivity contribution >= 4 is 5.91 Å². The highest BCUT2D eigenvalue weighted by molar-refractivity contribution is 5.93. The van der Waals surface area contributed by atoms with Crippen LogP contribution in [-0.4, -0.2) is 41.4 Å². The lowest BCUT2D eigenvalue weighted by Crippen LogP contribution is -2.34. The minimum atomic E-state index is -0.170. The van der Waals surface area contributed by atoms with Crippen LogP contribution in [0.3, 0.4) is 0 Å². The Labute approximate surface area is 166 Å². The number of amides is 1. The smallest absolute Gasteiger partial charge is 0.254 e. The number of nitrogens with zero attached hydrogens (tertiary/aromatic N) is 3. The standard InChI is InChI=1S/C23H26N4O/c1-4-17-10-12-18(13-11-17)21(27(2)3)16-26-23(28)20-14-24-22(25-15-20)19-8-6-5-7-9-19/h5-15,21H,4,16H2,1-3H3,(H,26,28). The molecule has 1 heterocycles. The van der Waals surface area contributed by atoms with Crippen LogP contribution in [0.25, 0.3) is 11.4 Å². The fourth-order valence-corrected chi connectivity index (χ4v) is 3.05. The third kappa shape index (κ3) is 4.81. The first-order chi connectivity index (χ1) is 13.6. The van der Waals surface area contributed by atoms with Crippen molar-refractivity contribution in [1.82, 2.24) is 20.2 Å². The molecule has 1 atom stereocenters. The van der Waals surface area contributed by atoms with Gasteiger partial charge in [0.25, 0.3) is 5.91 Å². The average Bonchev–Trinajstić information content (AvgIpc) is 2.74. The molecule has 3 rings (SSSR count). The first kappa shape index (κ1) is 19.7. The predicted molar refractivity (Wildman–Crippen MR) is 112 cm³/mol. The molecule has 1 amide bonds. The van der Waals surface area contributed by atoms with E-state index in [1.54, 1.807) is 12.4 Å². The molecule has 5 nitrogen and oxygen atoms in total. The van der Waals surface area contributed by atoms with Gasteiger partial charge in [-0.25, -0.2) is 9.97 Å². The van der Waals surface area contributed by atoms with Crippen molar-refractivity contribution < 1.29 is 4.79 Å². The van der Waals surface area contributed by atoms with E-state index in [0.29, 0.717) is 17.9 Å². The van der Waals surface area contributed by atoms with Crippen LogP contribution in [0, 0.1) is 0 Å². The summed E-state index contributed by atoms with van der Waals surface area (Å²) in [5, 5.41) is 3.01. The van der Waals surface area contributed by atoms with Gasteiger partial charge in [0.05, 0.1) is 11.6 Å². The van der Waals surface area contributed by atoms with Gasteiger partial charge in [0.2, 0.25) is 0 Å². The van der Waals surface area contributed by atoms with Crippen molar-refractivity contribution in [3.05, 3.63) is 83.7 Å². The van der Waals surface area contributed by atoms with E-state index in [1.165, 1.54) is 11.1 Å². The lowest BCUT2D eigenvalue weighted by atomic mass is 10.0. The van der Waals surface area contributed by atoms with Crippen LogP contribution in [0.15, 0.2) is 67.0 Å². The first-order valence-corrected chi connectivity index (χ1v) is 9.49. The summed E-state index contributed by atoms with van der Waals surface area (Å²) in [7, 11) is 4.03. The van der Waals surface area contributed by atoms with E-state index >= 15 is 0 Å². The van der Waals surface area contributed by atoms with Crippen LogP contribution < -0.4 is 5.32 Å². The van der Waals surface area contributed by atoms with Crippen LogP contribution in [-0.2, 0) is 6.42 Å². The molecule has 0 aliphatic rings. The molecule has 144 valence electrons. The average molecular weight is 374 g/mol. The summed E-state index contributed by atoms with van der Waals surface area (Å²) >= 11 is 0. The quantitative estimate of drug-likeness (QED) is 0.684. The molecule has 1 unspecified atom stereocenters. The molecule has 28 heavy (non-hydrogen) atoms. The van der Waals surface area contributed by atoms with E-state index in [-0.39, 0.29) is 11.9 Å². The van der Waals surface area contributed by atoms with Crippen molar-refractivity contribution in [2.45, 2.75) is 19.4 Å². The Morgan fingerprint density at radius 1 is 1.00 bits per heavy atom. The molecule has 1 aromatic heterocycles. The van der Waals surface area contributed by atoms with E-state index in [1.807, 2.05) is 44.4 Å². The highest BCUT2D eigenvalue weighted by atomic mass is 16.1. The largest absolute Gasteiger partial charge is 0.350 e. The lowest BCUT2D eigenvalue weighted by Gasteiger charge is -2.25. The molecule has 0 spiro atoms. The summed E-state index contributed by atoms with van der Waals surface area (Å²) in [4.78, 5) is 23.3. The minimum Gasteiger partial charge on any atom is -0.350 e. The Morgan fingerprint density at radius 3 is 2.21 bits per heavy atom. The zero-order chi connectivity index (χ0) is 19.9. The summed E-state index contributed by atoms with van der Waals surface area (Å²) < 4.78 is 0. The monoisotopic (exact) mass is 374 g/mol. The number of aryl methyl sites for hydroxylation is 1. The summed E-state index contributed by atoms with van der Waals surface area (Å²) in [6.07, 6.45) is 4.17. The van der Waals surface area contributed by atoms with Crippen LogP contribution in [0.4, 0.5) is 0 Å². The van der Waals surface area contributed by atoms with E-state index < -0.39 is 0 Å². The fourth-order valence-electron chi connectivity index (χ4n) is 3.05. The molecule has 0 fully saturated rings. The number of aromatic nitrogens is 2. The van der Waals surface area contributed by atoms with Gasteiger partial charge in [0.1, 0.15) is 0 Å². The SMILES string of the molecule is CCc1ccc(C(CNC(=O)c2cnc(-c3ccccc3)nc2)N(C)C)cc1. The maximum absolute atomic E-state index is 12.5. The normalized spacial score (nSPS) is 12.0. The van der Waals surface area contributed by atoms with E-state index in [4.69, 9.17) is 0 Å². The second-order valence-electron chi connectivity index (χ2n) is 6.95. The number of hydrogen-bond donors (Lipinski definition) is 1. The fraction of sp³-hybridized carbons (Fsp3) is 0.261. The van der Waals surface area contributed by atoms with Crippen molar-refractivity contribution in [2.75, 3.05) is 20.6 Å². The minimum absolute atomic E-state index is 0.0966. The Balaban J connectivity index is 1.65. The van der Waals surface area contributed by atoms with Gasteiger partial charge in [-0.1, -0.05) is 61.5 Å². The summed E-state index contributed by atoms with van der Waals surface area (Å²) in [6.45, 7) is 2.65. The Kier molecular flexibility index (Phi) is 6.50. The molecule has 0 radical (unpaired) electrons. The van der Waals surface area contributed by atoms with E-state index in [0.717, 1.165) is 12.0 Å². The number of nitrogens with one attached hydrogen (secondary N) is 1. The third-order valence-electron chi connectivity index (χ3n) is 4.80. The van der Waals surface area contributed by atoms with Crippen molar-refractivity contribution in [3.63, 3.8) is 0 Å². The molecule has 3 aromatic rings. The van der Waals surface area contributed by atoms with Crippen LogP contribution >= 0.6 is 0 Å². The number of hydrogen-bond acceptors (Lipinski definition) is 4. The number of likely N-dealkylation sites (N-methyl/N-ethyl adjacent to an activating group) is 1. The number of carbonyl (C=O) groups excluding carboxylic acids is 1. The van der Waals surface area contributed by atoms with Crippen molar-refractivity contribution in [3.8, 4) is 11.4 Å². The molecule has 0 aliphatic carbocycles. The molecular weight excluding hydrogens is 348 g/mol. The van der Waals surface area contributed by atoms with Crippen molar-refractivity contribution in [2.24, 2.45) is 0 Å². The van der Waals surface area contributed by atoms with Crippen molar-refractivity contribution in [1.29, 1.82) is 0 Å². The van der Waals surface area contributed by atoms with Crippen LogP contribution in [0.2, 0.25) is 0 Å². The maximum Gasteiger partial charge on any atom is 0.254 e. The van der Waals surface area contributed by atoms with Crippen LogP contribution in [0.5, 0.6) is 0 Å². The predicted octanol–water partition coefficient (Wildman–Crippen LogP) is 3.74.